The normalized spacial score (nSPS) is 11.3. The quantitative estimate of drug-likeness (QED) is 0.0495. The molecule has 18 heteroatoms. The molecule has 5 aromatic carbocycles. The molecule has 0 saturated heterocycles. The number of aromatic hydroxyl groups is 1. The molecule has 2 amide bonds. The fourth-order valence-corrected chi connectivity index (χ4v) is 9.38. The molecule has 0 fully saturated rings. The number of carboxylic acid groups (broad SMARTS) is 3. The summed E-state index contributed by atoms with van der Waals surface area (Å²) in [6.07, 6.45) is 0. The van der Waals surface area contributed by atoms with E-state index in [0.29, 0.717) is 39.0 Å². The minimum Gasteiger partial charge on any atom is -0.507 e. The molecule has 0 radical (unpaired) electrons. The summed E-state index contributed by atoms with van der Waals surface area (Å²) in [6.45, 7) is -0.379. The van der Waals surface area contributed by atoms with Gasteiger partial charge in [0.2, 0.25) is 5.36 Å². The summed E-state index contributed by atoms with van der Waals surface area (Å²) >= 11 is 13.9. The van der Waals surface area contributed by atoms with Crippen molar-refractivity contribution in [3.8, 4) is 50.7 Å². The maximum absolute atomic E-state index is 13.8. The average molecular weight is 1020 g/mol. The molecule has 0 aromatic heterocycles. The Morgan fingerprint density at radius 3 is 1.97 bits per heavy atom. The first-order valence-electron chi connectivity index (χ1n) is 22.2. The Hall–Kier alpha value is -8.99. The van der Waals surface area contributed by atoms with Gasteiger partial charge in [-0.1, -0.05) is 35.3 Å². The van der Waals surface area contributed by atoms with E-state index in [4.69, 9.17) is 32.0 Å². The highest BCUT2D eigenvalue weighted by Gasteiger charge is 2.30. The van der Waals surface area contributed by atoms with Crippen LogP contribution in [0.1, 0.15) is 62.9 Å². The van der Waals surface area contributed by atoms with Gasteiger partial charge in [0.05, 0.1) is 50.5 Å². The van der Waals surface area contributed by atoms with E-state index in [-0.39, 0.29) is 95.7 Å². The maximum Gasteiger partial charge on any atom is 0.337 e. The van der Waals surface area contributed by atoms with Crippen LogP contribution in [0, 0.1) is 0 Å². The van der Waals surface area contributed by atoms with Crippen LogP contribution in [0.3, 0.4) is 0 Å². The van der Waals surface area contributed by atoms with Crippen molar-refractivity contribution in [1.29, 1.82) is 0 Å². The molecule has 6 N–H and O–H groups in total. The van der Waals surface area contributed by atoms with Crippen LogP contribution in [0.25, 0.3) is 66.8 Å². The first kappa shape index (κ1) is 49.0. The number of hydrogen-bond acceptors (Lipinski definition) is 10. The lowest BCUT2D eigenvalue weighted by Gasteiger charge is -2.21. The molecule has 0 unspecified atom stereocenters. The number of phenolic OH excluding ortho intramolecular Hbond substituents is 1. The van der Waals surface area contributed by atoms with E-state index >= 15 is 0 Å². The van der Waals surface area contributed by atoms with Crippen molar-refractivity contribution in [3.05, 3.63) is 180 Å². The second-order valence-electron chi connectivity index (χ2n) is 17.4. The van der Waals surface area contributed by atoms with Gasteiger partial charge in [-0.2, -0.15) is 0 Å². The smallest absolute Gasteiger partial charge is 0.337 e. The van der Waals surface area contributed by atoms with E-state index in [1.807, 2.05) is 74.1 Å². The van der Waals surface area contributed by atoms with E-state index < -0.39 is 35.2 Å². The van der Waals surface area contributed by atoms with Gasteiger partial charge in [0.1, 0.15) is 42.5 Å². The van der Waals surface area contributed by atoms with Gasteiger partial charge in [0.15, 0.2) is 5.43 Å². The number of nitrogens with one attached hydrogen (secondary N) is 2. The average Bonchev–Trinajstić information content (AvgIpc) is 3.36. The Morgan fingerprint density at radius 2 is 1.29 bits per heavy atom. The molecule has 0 saturated carbocycles. The van der Waals surface area contributed by atoms with E-state index in [9.17, 15) is 49.2 Å². The number of halogens is 2. The summed E-state index contributed by atoms with van der Waals surface area (Å²) in [4.78, 5) is 79.4. The molecule has 366 valence electrons. The number of carbonyl (C=O) groups excluding carboxylic acids is 2. The molecule has 0 spiro atoms. The van der Waals surface area contributed by atoms with Crippen LogP contribution < -0.4 is 30.9 Å². The Kier molecular flexibility index (Phi) is 13.0. The van der Waals surface area contributed by atoms with Crippen LogP contribution in [0.5, 0.6) is 5.75 Å². The van der Waals surface area contributed by atoms with Gasteiger partial charge in [0, 0.05) is 88.7 Å². The third-order valence-corrected chi connectivity index (χ3v) is 13.1. The number of nitrogens with zero attached hydrogens (tertiary/aromatic N) is 2. The molecule has 2 aliphatic heterocycles. The second-order valence-corrected chi connectivity index (χ2v) is 18.2. The fourth-order valence-electron chi connectivity index (χ4n) is 8.76. The molecule has 9 rings (SSSR count). The molecule has 0 bridgehead atoms. The number of phenols is 1. The third kappa shape index (κ3) is 9.16. The summed E-state index contributed by atoms with van der Waals surface area (Å²) in [7, 11) is 7.54. The molecule has 0 atom stereocenters. The van der Waals surface area contributed by atoms with Crippen LogP contribution >= 0.6 is 23.2 Å². The summed E-state index contributed by atoms with van der Waals surface area (Å²) < 4.78 is 14.5. The van der Waals surface area contributed by atoms with E-state index in [1.54, 1.807) is 12.1 Å². The summed E-state index contributed by atoms with van der Waals surface area (Å²) in [5, 5.41) is 48.5. The van der Waals surface area contributed by atoms with Crippen LogP contribution in [0.2, 0.25) is 10.0 Å². The van der Waals surface area contributed by atoms with Crippen LogP contribution in [0.4, 0.5) is 5.69 Å². The first-order valence-corrected chi connectivity index (χ1v) is 23.0. The Bertz CT molecular complexity index is 3890. The molecule has 73 heavy (non-hydrogen) atoms. The minimum absolute atomic E-state index is 0.00140. The Balaban J connectivity index is 0.977. The van der Waals surface area contributed by atoms with Crippen molar-refractivity contribution in [1.82, 2.24) is 15.2 Å². The van der Waals surface area contributed by atoms with Crippen molar-refractivity contribution in [2.24, 2.45) is 0 Å². The highest BCUT2D eigenvalue weighted by atomic mass is 35.5. The SMILES string of the molecule is CN(C)c1ccc2c(-c3c(Cl)cc(C(=O)NCc4ccc(C(=O)NCc5c(O)ccc6c(-c7cc(C(=O)O)ccc7C(=O)O)c7ccc(=O)cc-7oc56)cc4)c(Cl)c3C(=O)O)c3ccc(=[N+](C)C)cc-3oc2c1. The zero-order valence-corrected chi connectivity index (χ0v) is 40.6. The van der Waals surface area contributed by atoms with Crippen molar-refractivity contribution in [2.75, 3.05) is 33.1 Å². The van der Waals surface area contributed by atoms with Crippen molar-refractivity contribution in [3.63, 3.8) is 0 Å². The van der Waals surface area contributed by atoms with Crippen molar-refractivity contribution < 1.29 is 53.2 Å². The number of fused-ring (bicyclic) bond motifs is 4. The van der Waals surface area contributed by atoms with Gasteiger partial charge in [-0.05, 0) is 90.0 Å². The second kappa shape index (κ2) is 19.3. The summed E-state index contributed by atoms with van der Waals surface area (Å²) in [5.41, 5.74) is 2.34. The van der Waals surface area contributed by atoms with Crippen LogP contribution in [0.15, 0.2) is 129 Å². The number of amides is 2. The highest BCUT2D eigenvalue weighted by molar-refractivity contribution is 6.41. The van der Waals surface area contributed by atoms with E-state index in [0.717, 1.165) is 17.1 Å². The number of aromatic carboxylic acids is 3. The zero-order valence-electron chi connectivity index (χ0n) is 39.1. The Labute approximate surface area is 423 Å². The minimum atomic E-state index is -1.42. The molecule has 5 aromatic rings. The van der Waals surface area contributed by atoms with E-state index in [2.05, 4.69) is 10.6 Å². The molecular weight excluding hydrogens is 980 g/mol. The van der Waals surface area contributed by atoms with Gasteiger partial charge < -0.3 is 44.8 Å². The van der Waals surface area contributed by atoms with Gasteiger partial charge in [-0.25, -0.2) is 19.0 Å². The van der Waals surface area contributed by atoms with Gasteiger partial charge in [-0.15, -0.1) is 0 Å². The van der Waals surface area contributed by atoms with Gasteiger partial charge >= 0.3 is 17.9 Å². The van der Waals surface area contributed by atoms with Gasteiger partial charge in [-0.3, -0.25) is 14.4 Å². The highest BCUT2D eigenvalue weighted by Crippen LogP contribution is 2.48. The molecule has 2 heterocycles. The van der Waals surface area contributed by atoms with Crippen LogP contribution in [-0.4, -0.2) is 78.3 Å². The summed E-state index contributed by atoms with van der Waals surface area (Å²) in [6, 6.07) is 28.7. The van der Waals surface area contributed by atoms with Crippen LogP contribution in [-0.2, 0) is 13.1 Å². The largest absolute Gasteiger partial charge is 0.507 e. The molecular formula is C55H41Cl2N4O12+. The number of carbonyl (C=O) groups is 5. The number of hydrogen-bond donors (Lipinski definition) is 6. The maximum atomic E-state index is 13.8. The summed E-state index contributed by atoms with van der Waals surface area (Å²) in [5.74, 6) is -5.18. The monoisotopic (exact) mass is 1020 g/mol. The predicted molar refractivity (Wildman–Crippen MR) is 276 cm³/mol. The number of benzene rings is 7. The molecule has 16 nitrogen and oxygen atoms in total. The number of anilines is 1. The third-order valence-electron chi connectivity index (χ3n) is 12.4. The number of carboxylic acids is 3. The fraction of sp³-hybridized carbons (Fsp3) is 0.109. The Morgan fingerprint density at radius 1 is 0.616 bits per heavy atom. The lowest BCUT2D eigenvalue weighted by atomic mass is 9.89. The molecule has 2 aliphatic carbocycles. The first-order chi connectivity index (χ1) is 34.8. The van der Waals surface area contributed by atoms with Gasteiger partial charge in [0.25, 0.3) is 11.8 Å². The standard InChI is InChI=1S/C55H40Cl2N4O12/c1-60(2)29-10-14-34-42(20-29)72-43-21-30(61(3)4)11-15-35(43)46(34)47-40(56)23-38(49(57)48(47)55(70)71)52(65)58-24-26-5-7-27(8-6-26)51(64)59-25-39-41(63)18-17-36-45(33-16-12-31(62)22-44(33)73-50(36)39)37-19-28(53(66)67)9-13-32(37)54(68)69/h5-23H,24-25H2,1-4H3,(H5-,58,59,62,63,64,65,66,67,68,69,70,71)/p+1. The predicted octanol–water partition coefficient (Wildman–Crippen LogP) is 9.15. The van der Waals surface area contributed by atoms with Crippen molar-refractivity contribution in [2.45, 2.75) is 13.1 Å². The molecule has 4 aliphatic rings. The lowest BCUT2D eigenvalue weighted by molar-refractivity contribution is 0.0682. The topological polar surface area (TPSA) is 240 Å². The van der Waals surface area contributed by atoms with Crippen molar-refractivity contribution >= 4 is 80.6 Å². The number of rotatable bonds is 12. The lowest BCUT2D eigenvalue weighted by Crippen LogP contribution is -2.25. The zero-order chi connectivity index (χ0) is 52.2. The van der Waals surface area contributed by atoms with E-state index in [1.165, 1.54) is 60.7 Å².